The van der Waals surface area contributed by atoms with Gasteiger partial charge < -0.3 is 4.90 Å². The van der Waals surface area contributed by atoms with Gasteiger partial charge in [-0.05, 0) is 18.5 Å². The van der Waals surface area contributed by atoms with E-state index >= 15 is 0 Å². The van der Waals surface area contributed by atoms with Crippen LogP contribution in [0, 0.1) is 4.77 Å². The molecule has 1 aliphatic rings. The zero-order valence-corrected chi connectivity index (χ0v) is 9.15. The van der Waals surface area contributed by atoms with Crippen molar-refractivity contribution in [1.82, 2.24) is 14.5 Å². The second kappa shape index (κ2) is 3.26. The molecule has 0 saturated carbocycles. The maximum atomic E-state index is 5.16. The lowest BCUT2D eigenvalue weighted by atomic mass is 10.6. The summed E-state index contributed by atoms with van der Waals surface area (Å²) in [7, 11) is 2.02. The summed E-state index contributed by atoms with van der Waals surface area (Å²) in [6.45, 7) is 1.87. The van der Waals surface area contributed by atoms with E-state index in [2.05, 4.69) is 14.9 Å². The van der Waals surface area contributed by atoms with Gasteiger partial charge in [-0.1, -0.05) is 11.8 Å². The van der Waals surface area contributed by atoms with Gasteiger partial charge in [0.2, 0.25) is 10.7 Å². The van der Waals surface area contributed by atoms with E-state index in [-0.39, 0.29) is 0 Å². The smallest absolute Gasteiger partial charge is 0.210 e. The molecule has 70 valence electrons. The molecule has 2 heterocycles. The topological polar surface area (TPSA) is 34.0 Å². The van der Waals surface area contributed by atoms with Crippen LogP contribution in [0.25, 0.3) is 0 Å². The summed E-state index contributed by atoms with van der Waals surface area (Å²) in [5, 5.41) is 0.755. The Morgan fingerprint density at radius 3 is 2.85 bits per heavy atom. The summed E-state index contributed by atoms with van der Waals surface area (Å²) in [4.78, 5) is 10.7. The first-order valence-electron chi connectivity index (χ1n) is 3.96. The van der Waals surface area contributed by atoms with Crippen molar-refractivity contribution in [2.45, 2.75) is 11.7 Å². The predicted octanol–water partition coefficient (Wildman–Crippen LogP) is 1.18. The summed E-state index contributed by atoms with van der Waals surface area (Å²) in [6, 6.07) is 0. The first-order chi connectivity index (χ1) is 6.22. The lowest BCUT2D eigenvalue weighted by Crippen LogP contribution is -2.14. The number of likely N-dealkylation sites (N-methyl/N-ethyl adjacent to an activating group) is 1. The van der Waals surface area contributed by atoms with Crippen molar-refractivity contribution < 1.29 is 0 Å². The molecule has 0 amide bonds. The van der Waals surface area contributed by atoms with Gasteiger partial charge in [-0.3, -0.25) is 4.57 Å². The molecule has 4 nitrogen and oxygen atoms in total. The Balaban J connectivity index is 2.60. The second-order valence-electron chi connectivity index (χ2n) is 2.87. The number of anilines is 1. The van der Waals surface area contributed by atoms with Crippen molar-refractivity contribution >= 4 is 29.9 Å². The molecule has 0 atom stereocenters. The summed E-state index contributed by atoms with van der Waals surface area (Å²) < 4.78 is 2.60. The van der Waals surface area contributed by atoms with Crippen molar-refractivity contribution in [3.63, 3.8) is 0 Å². The maximum absolute atomic E-state index is 5.16. The Kier molecular flexibility index (Phi) is 2.25. The third-order valence-electron chi connectivity index (χ3n) is 2.04. The molecule has 1 aromatic heterocycles. The quantitative estimate of drug-likeness (QED) is 0.518. The molecule has 1 aliphatic heterocycles. The van der Waals surface area contributed by atoms with Crippen molar-refractivity contribution in [2.75, 3.05) is 24.7 Å². The molecule has 0 bridgehead atoms. The number of aromatic nitrogens is 3. The Bertz CT molecular complexity index is 387. The molecule has 6 heteroatoms. The minimum Gasteiger partial charge on any atom is -0.343 e. The zero-order valence-electron chi connectivity index (χ0n) is 7.52. The van der Waals surface area contributed by atoms with Gasteiger partial charge in [0.05, 0.1) is 0 Å². The fraction of sp³-hybridized carbons (Fsp3) is 0.571. The van der Waals surface area contributed by atoms with E-state index in [1.165, 1.54) is 11.8 Å². The Morgan fingerprint density at radius 1 is 1.38 bits per heavy atom. The van der Waals surface area contributed by atoms with Crippen molar-refractivity contribution in [2.24, 2.45) is 0 Å². The number of thioether (sulfide) groups is 1. The van der Waals surface area contributed by atoms with Crippen LogP contribution in [0.4, 0.5) is 5.95 Å². The van der Waals surface area contributed by atoms with E-state index in [1.807, 2.05) is 17.9 Å². The first kappa shape index (κ1) is 8.96. The van der Waals surface area contributed by atoms with Crippen LogP contribution in [0.5, 0.6) is 0 Å². The third kappa shape index (κ3) is 1.44. The molecule has 0 saturated heterocycles. The van der Waals surface area contributed by atoms with Crippen LogP contribution < -0.4 is 4.90 Å². The van der Waals surface area contributed by atoms with Crippen molar-refractivity contribution in [1.29, 1.82) is 0 Å². The zero-order chi connectivity index (χ0) is 9.42. The molecule has 1 aromatic rings. The van der Waals surface area contributed by atoms with Crippen LogP contribution in [0.15, 0.2) is 5.16 Å². The molecule has 0 aromatic carbocycles. The molecular weight excluding hydrogens is 204 g/mol. The minimum atomic E-state index is 0.638. The largest absolute Gasteiger partial charge is 0.343 e. The standard InChI is InChI=1S/C7H10N4S2/c1-10-3-4-11-6(10)8-5(13-2)9-7(11)12/h3-4H2,1-2H3. The van der Waals surface area contributed by atoms with E-state index in [1.54, 1.807) is 0 Å². The molecule has 2 rings (SSSR count). The van der Waals surface area contributed by atoms with Crippen LogP contribution >= 0.6 is 24.0 Å². The highest BCUT2D eigenvalue weighted by atomic mass is 32.2. The van der Waals surface area contributed by atoms with E-state index in [0.29, 0.717) is 4.77 Å². The number of rotatable bonds is 1. The average molecular weight is 214 g/mol. The summed E-state index contributed by atoms with van der Waals surface area (Å²) in [5.74, 6) is 0.935. The van der Waals surface area contributed by atoms with E-state index in [4.69, 9.17) is 12.2 Å². The van der Waals surface area contributed by atoms with Gasteiger partial charge in [-0.15, -0.1) is 0 Å². The molecule has 0 spiro atoms. The molecular formula is C7H10N4S2. The first-order valence-corrected chi connectivity index (χ1v) is 5.59. The monoisotopic (exact) mass is 214 g/mol. The van der Waals surface area contributed by atoms with Gasteiger partial charge in [0.25, 0.3) is 0 Å². The van der Waals surface area contributed by atoms with Gasteiger partial charge in [0.15, 0.2) is 5.16 Å². The van der Waals surface area contributed by atoms with E-state index in [9.17, 15) is 0 Å². The number of nitrogens with zero attached hydrogens (tertiary/aromatic N) is 4. The minimum absolute atomic E-state index is 0.638. The van der Waals surface area contributed by atoms with Gasteiger partial charge >= 0.3 is 0 Å². The lowest BCUT2D eigenvalue weighted by Gasteiger charge is -2.09. The van der Waals surface area contributed by atoms with Gasteiger partial charge in [-0.2, -0.15) is 9.97 Å². The summed E-state index contributed by atoms with van der Waals surface area (Å²) in [6.07, 6.45) is 1.95. The van der Waals surface area contributed by atoms with Crippen molar-refractivity contribution in [3.8, 4) is 0 Å². The molecule has 0 unspecified atom stereocenters. The highest BCUT2D eigenvalue weighted by Crippen LogP contribution is 2.19. The van der Waals surface area contributed by atoms with Crippen LogP contribution in [0.2, 0.25) is 0 Å². The molecule has 0 radical (unpaired) electrons. The van der Waals surface area contributed by atoms with Gasteiger partial charge in [0.1, 0.15) is 0 Å². The highest BCUT2D eigenvalue weighted by Gasteiger charge is 2.17. The number of fused-ring (bicyclic) bond motifs is 1. The van der Waals surface area contributed by atoms with Gasteiger partial charge in [0, 0.05) is 20.1 Å². The van der Waals surface area contributed by atoms with Crippen LogP contribution in [0.1, 0.15) is 0 Å². The average Bonchev–Trinajstić information content (AvgIpc) is 2.48. The Labute approximate surface area is 86.0 Å². The summed E-state index contributed by atoms with van der Waals surface area (Å²) >= 11 is 6.68. The van der Waals surface area contributed by atoms with Crippen LogP contribution in [-0.4, -0.2) is 34.4 Å². The fourth-order valence-corrected chi connectivity index (χ4v) is 1.99. The molecule has 13 heavy (non-hydrogen) atoms. The van der Waals surface area contributed by atoms with Crippen molar-refractivity contribution in [3.05, 3.63) is 4.77 Å². The normalized spacial score (nSPS) is 14.8. The van der Waals surface area contributed by atoms with Crippen LogP contribution in [0.3, 0.4) is 0 Å². The SMILES string of the molecule is CSc1nc2n(c(=S)n1)CCN2C. The Morgan fingerprint density at radius 2 is 2.15 bits per heavy atom. The molecule has 0 aliphatic carbocycles. The van der Waals surface area contributed by atoms with E-state index < -0.39 is 0 Å². The molecule has 0 N–H and O–H groups in total. The molecule has 0 fully saturated rings. The third-order valence-corrected chi connectivity index (χ3v) is 2.90. The second-order valence-corrected chi connectivity index (χ2v) is 4.00. The summed E-state index contributed by atoms with van der Waals surface area (Å²) in [5.41, 5.74) is 0. The fourth-order valence-electron chi connectivity index (χ4n) is 1.33. The number of hydrogen-bond donors (Lipinski definition) is 0. The Hall–Kier alpha value is -0.620. The maximum Gasteiger partial charge on any atom is 0.210 e. The highest BCUT2D eigenvalue weighted by molar-refractivity contribution is 7.98. The predicted molar refractivity (Wildman–Crippen MR) is 55.9 cm³/mol. The van der Waals surface area contributed by atoms with Crippen LogP contribution in [-0.2, 0) is 6.54 Å². The van der Waals surface area contributed by atoms with Gasteiger partial charge in [-0.25, -0.2) is 0 Å². The number of hydrogen-bond acceptors (Lipinski definition) is 5. The lowest BCUT2D eigenvalue weighted by molar-refractivity contribution is 0.721. The van der Waals surface area contributed by atoms with E-state index in [0.717, 1.165) is 24.2 Å².